The molecule has 5 heteroatoms. The van der Waals surface area contributed by atoms with Crippen molar-refractivity contribution in [1.82, 2.24) is 9.80 Å². The molecular formula is C25H36N2O3. The Balaban J connectivity index is 1.65. The van der Waals surface area contributed by atoms with E-state index in [1.54, 1.807) is 7.11 Å². The number of hydrogen-bond donors (Lipinski definition) is 0. The van der Waals surface area contributed by atoms with Gasteiger partial charge in [-0.2, -0.15) is 0 Å². The Hall–Kier alpha value is -2.04. The van der Waals surface area contributed by atoms with Crippen LogP contribution in [0, 0.1) is 0 Å². The van der Waals surface area contributed by atoms with Crippen molar-refractivity contribution in [2.75, 3.05) is 13.7 Å². The van der Waals surface area contributed by atoms with Crippen molar-refractivity contribution >= 4 is 11.8 Å². The standard InChI is InChI=1S/C25H36N2O3/c1-30-22-16-14-19(15-17-22)24-25(29)26(20-10-8-5-9-11-20)18-23(28)27(24)21-12-6-3-2-4-7-13-21/h14-17,20-21,24H,2-13,18H2,1H3/t24-/m1/s1. The van der Waals surface area contributed by atoms with Crippen molar-refractivity contribution in [2.24, 2.45) is 0 Å². The molecule has 3 aliphatic rings. The quantitative estimate of drug-likeness (QED) is 0.710. The van der Waals surface area contributed by atoms with Gasteiger partial charge in [-0.1, -0.05) is 63.5 Å². The molecule has 0 bridgehead atoms. The number of methoxy groups -OCH3 is 1. The van der Waals surface area contributed by atoms with Crippen LogP contribution in [0.25, 0.3) is 0 Å². The number of amides is 2. The Morgan fingerprint density at radius 1 is 0.767 bits per heavy atom. The van der Waals surface area contributed by atoms with E-state index in [9.17, 15) is 9.59 Å². The zero-order valence-corrected chi connectivity index (χ0v) is 18.4. The number of benzene rings is 1. The molecule has 0 N–H and O–H groups in total. The number of nitrogens with zero attached hydrogens (tertiary/aromatic N) is 2. The van der Waals surface area contributed by atoms with Gasteiger partial charge in [0.2, 0.25) is 5.91 Å². The molecule has 1 atom stereocenters. The predicted octanol–water partition coefficient (Wildman–Crippen LogP) is 4.85. The minimum Gasteiger partial charge on any atom is -0.497 e. The smallest absolute Gasteiger partial charge is 0.250 e. The molecule has 1 saturated heterocycles. The van der Waals surface area contributed by atoms with E-state index in [1.807, 2.05) is 34.1 Å². The summed E-state index contributed by atoms with van der Waals surface area (Å²) in [6, 6.07) is 7.64. The molecule has 1 aromatic rings. The first-order valence-electron chi connectivity index (χ1n) is 11.9. The molecule has 1 aliphatic heterocycles. The monoisotopic (exact) mass is 412 g/mol. The third-order valence-corrected chi connectivity index (χ3v) is 7.30. The lowest BCUT2D eigenvalue weighted by molar-refractivity contribution is -0.162. The number of piperazine rings is 1. The van der Waals surface area contributed by atoms with Crippen molar-refractivity contribution in [1.29, 1.82) is 0 Å². The lowest BCUT2D eigenvalue weighted by Crippen LogP contribution is -2.60. The first kappa shape index (κ1) is 21.2. The van der Waals surface area contributed by atoms with Gasteiger partial charge in [-0.05, 0) is 43.4 Å². The van der Waals surface area contributed by atoms with Crippen LogP contribution in [0.1, 0.15) is 88.7 Å². The molecule has 0 aromatic heterocycles. The average Bonchev–Trinajstić information content (AvgIpc) is 2.76. The van der Waals surface area contributed by atoms with E-state index in [0.29, 0.717) is 0 Å². The van der Waals surface area contributed by atoms with Crippen molar-refractivity contribution in [3.8, 4) is 5.75 Å². The van der Waals surface area contributed by atoms with Gasteiger partial charge in [-0.25, -0.2) is 0 Å². The van der Waals surface area contributed by atoms with Crippen LogP contribution in [0.2, 0.25) is 0 Å². The summed E-state index contributed by atoms with van der Waals surface area (Å²) in [5.74, 6) is 1.02. The summed E-state index contributed by atoms with van der Waals surface area (Å²) in [5.41, 5.74) is 0.914. The fourth-order valence-electron chi connectivity index (χ4n) is 5.64. The van der Waals surface area contributed by atoms with Gasteiger partial charge in [0.1, 0.15) is 18.3 Å². The van der Waals surface area contributed by atoms with Crippen LogP contribution < -0.4 is 4.74 Å². The third-order valence-electron chi connectivity index (χ3n) is 7.30. The summed E-state index contributed by atoms with van der Waals surface area (Å²) in [7, 11) is 1.65. The molecule has 164 valence electrons. The van der Waals surface area contributed by atoms with E-state index in [1.165, 1.54) is 25.7 Å². The molecular weight excluding hydrogens is 376 g/mol. The Bertz CT molecular complexity index is 718. The molecule has 5 nitrogen and oxygen atoms in total. The molecule has 2 amide bonds. The Morgan fingerprint density at radius 3 is 1.90 bits per heavy atom. The highest BCUT2D eigenvalue weighted by molar-refractivity contribution is 5.96. The van der Waals surface area contributed by atoms with Crippen LogP contribution in [0.5, 0.6) is 5.75 Å². The highest BCUT2D eigenvalue weighted by atomic mass is 16.5. The van der Waals surface area contributed by atoms with Gasteiger partial charge < -0.3 is 14.5 Å². The average molecular weight is 413 g/mol. The summed E-state index contributed by atoms with van der Waals surface area (Å²) in [5, 5.41) is 0. The van der Waals surface area contributed by atoms with Gasteiger partial charge in [0.05, 0.1) is 7.11 Å². The molecule has 4 rings (SSSR count). The lowest BCUT2D eigenvalue weighted by Gasteiger charge is -2.47. The summed E-state index contributed by atoms with van der Waals surface area (Å²) in [4.78, 5) is 31.2. The Labute approximate surface area is 180 Å². The Morgan fingerprint density at radius 2 is 1.30 bits per heavy atom. The van der Waals surface area contributed by atoms with Crippen LogP contribution in [0.3, 0.4) is 0 Å². The van der Waals surface area contributed by atoms with Gasteiger partial charge in [0.25, 0.3) is 5.91 Å². The second-order valence-corrected chi connectivity index (χ2v) is 9.23. The normalized spacial score (nSPS) is 25.2. The highest BCUT2D eigenvalue weighted by Crippen LogP contribution is 2.36. The molecule has 0 radical (unpaired) electrons. The zero-order valence-electron chi connectivity index (χ0n) is 18.4. The number of rotatable bonds is 4. The van der Waals surface area contributed by atoms with Crippen LogP contribution in [0.15, 0.2) is 24.3 Å². The van der Waals surface area contributed by atoms with Crippen molar-refractivity contribution < 1.29 is 14.3 Å². The SMILES string of the molecule is COc1ccc([C@@H]2C(=O)N(C3CCCCC3)CC(=O)N2C2CCCCCCC2)cc1. The van der Waals surface area contributed by atoms with Crippen LogP contribution in [-0.2, 0) is 9.59 Å². The first-order valence-corrected chi connectivity index (χ1v) is 11.9. The predicted molar refractivity (Wildman–Crippen MR) is 117 cm³/mol. The van der Waals surface area contributed by atoms with E-state index in [2.05, 4.69) is 0 Å². The van der Waals surface area contributed by atoms with Gasteiger partial charge in [0, 0.05) is 12.1 Å². The zero-order chi connectivity index (χ0) is 20.9. The summed E-state index contributed by atoms with van der Waals surface area (Å²) in [6.45, 7) is 0.257. The minimum absolute atomic E-state index is 0.119. The maximum absolute atomic E-state index is 13.8. The maximum Gasteiger partial charge on any atom is 0.250 e. The lowest BCUT2D eigenvalue weighted by atomic mass is 9.89. The van der Waals surface area contributed by atoms with Crippen molar-refractivity contribution in [3.63, 3.8) is 0 Å². The third kappa shape index (κ3) is 4.50. The first-order chi connectivity index (χ1) is 14.7. The molecule has 1 heterocycles. The number of carbonyl (C=O) groups is 2. The number of hydrogen-bond acceptors (Lipinski definition) is 3. The minimum atomic E-state index is -0.497. The van der Waals surface area contributed by atoms with E-state index >= 15 is 0 Å². The van der Waals surface area contributed by atoms with Crippen LogP contribution in [-0.4, -0.2) is 47.4 Å². The molecule has 2 saturated carbocycles. The summed E-state index contributed by atoms with van der Waals surface area (Å²) in [6.07, 6.45) is 13.7. The summed E-state index contributed by atoms with van der Waals surface area (Å²) < 4.78 is 5.32. The second kappa shape index (κ2) is 9.84. The van der Waals surface area contributed by atoms with Crippen molar-refractivity contribution in [2.45, 2.75) is 95.2 Å². The van der Waals surface area contributed by atoms with E-state index < -0.39 is 6.04 Å². The molecule has 2 aliphatic carbocycles. The van der Waals surface area contributed by atoms with Crippen molar-refractivity contribution in [3.05, 3.63) is 29.8 Å². The fourth-order valence-corrected chi connectivity index (χ4v) is 5.64. The number of ether oxygens (including phenoxy) is 1. The van der Waals surface area contributed by atoms with Gasteiger partial charge in [-0.3, -0.25) is 9.59 Å². The van der Waals surface area contributed by atoms with Gasteiger partial charge >= 0.3 is 0 Å². The van der Waals surface area contributed by atoms with Gasteiger partial charge in [-0.15, -0.1) is 0 Å². The molecule has 0 unspecified atom stereocenters. The molecule has 30 heavy (non-hydrogen) atoms. The molecule has 0 spiro atoms. The van der Waals surface area contributed by atoms with E-state index in [-0.39, 0.29) is 30.4 Å². The Kier molecular flexibility index (Phi) is 6.96. The molecule has 3 fully saturated rings. The van der Waals surface area contributed by atoms with E-state index in [4.69, 9.17) is 4.74 Å². The largest absolute Gasteiger partial charge is 0.497 e. The molecule has 1 aromatic carbocycles. The number of carbonyl (C=O) groups excluding carboxylic acids is 2. The van der Waals surface area contributed by atoms with Crippen LogP contribution >= 0.6 is 0 Å². The summed E-state index contributed by atoms with van der Waals surface area (Å²) >= 11 is 0. The van der Waals surface area contributed by atoms with E-state index in [0.717, 1.165) is 62.7 Å². The van der Waals surface area contributed by atoms with Crippen LogP contribution in [0.4, 0.5) is 0 Å². The second-order valence-electron chi connectivity index (χ2n) is 9.23. The fraction of sp³-hybridized carbons (Fsp3) is 0.680. The topological polar surface area (TPSA) is 49.9 Å². The highest BCUT2D eigenvalue weighted by Gasteiger charge is 2.45. The maximum atomic E-state index is 13.8. The van der Waals surface area contributed by atoms with Gasteiger partial charge in [0.15, 0.2) is 0 Å².